The third-order valence-corrected chi connectivity index (χ3v) is 2.44. The molecule has 0 fully saturated rings. The first-order valence-corrected chi connectivity index (χ1v) is 5.16. The molecule has 0 atom stereocenters. The van der Waals surface area contributed by atoms with E-state index in [0.717, 1.165) is 11.1 Å². The molecule has 0 saturated heterocycles. The Balaban J connectivity index is 2.19. The number of halogens is 1. The average molecular weight is 223 g/mol. The summed E-state index contributed by atoms with van der Waals surface area (Å²) in [4.78, 5) is 1.94. The van der Waals surface area contributed by atoms with E-state index in [4.69, 9.17) is 9.52 Å². The second kappa shape index (κ2) is 4.63. The summed E-state index contributed by atoms with van der Waals surface area (Å²) in [6.07, 6.45) is 0. The Kier molecular flexibility index (Phi) is 3.22. The van der Waals surface area contributed by atoms with Gasteiger partial charge in [0, 0.05) is 11.9 Å². The fraction of sp³-hybridized carbons (Fsp3) is 0.333. The molecule has 0 spiro atoms. The number of likely N-dealkylation sites (N-methyl/N-ethyl adjacent to an activating group) is 1. The van der Waals surface area contributed by atoms with Crippen molar-refractivity contribution in [1.82, 2.24) is 4.90 Å². The van der Waals surface area contributed by atoms with Gasteiger partial charge in [0.2, 0.25) is 0 Å². The summed E-state index contributed by atoms with van der Waals surface area (Å²) in [6.45, 7) is 1.31. The number of aliphatic hydroxyl groups excluding tert-OH is 1. The van der Waals surface area contributed by atoms with Gasteiger partial charge in [0.05, 0.1) is 13.2 Å². The standard InChI is InChI=1S/C12H14FNO2/c1-14(4-5-15)8-11-7-9-6-10(13)2-3-12(9)16-11/h2-3,6-7,15H,4-5,8H2,1H3. The van der Waals surface area contributed by atoms with E-state index in [-0.39, 0.29) is 12.4 Å². The summed E-state index contributed by atoms with van der Waals surface area (Å²) >= 11 is 0. The molecular weight excluding hydrogens is 209 g/mol. The molecule has 0 unspecified atom stereocenters. The monoisotopic (exact) mass is 223 g/mol. The van der Waals surface area contributed by atoms with Crippen molar-refractivity contribution in [2.75, 3.05) is 20.2 Å². The number of hydrogen-bond donors (Lipinski definition) is 1. The van der Waals surface area contributed by atoms with E-state index in [2.05, 4.69) is 0 Å². The van der Waals surface area contributed by atoms with E-state index in [0.29, 0.717) is 18.7 Å². The third kappa shape index (κ3) is 2.40. The Morgan fingerprint density at radius 1 is 1.38 bits per heavy atom. The number of nitrogens with zero attached hydrogens (tertiary/aromatic N) is 1. The highest BCUT2D eigenvalue weighted by Gasteiger charge is 2.06. The average Bonchev–Trinajstić information content (AvgIpc) is 2.59. The molecule has 2 rings (SSSR count). The van der Waals surface area contributed by atoms with Crippen LogP contribution in [0.15, 0.2) is 28.7 Å². The first-order valence-electron chi connectivity index (χ1n) is 5.16. The molecule has 16 heavy (non-hydrogen) atoms. The first kappa shape index (κ1) is 11.1. The van der Waals surface area contributed by atoms with Gasteiger partial charge >= 0.3 is 0 Å². The molecule has 1 aromatic carbocycles. The number of rotatable bonds is 4. The maximum atomic E-state index is 12.9. The lowest BCUT2D eigenvalue weighted by Gasteiger charge is -2.12. The molecule has 1 aromatic heterocycles. The Morgan fingerprint density at radius 2 is 2.19 bits per heavy atom. The minimum Gasteiger partial charge on any atom is -0.460 e. The van der Waals surface area contributed by atoms with Gasteiger partial charge in [-0.15, -0.1) is 0 Å². The Morgan fingerprint density at radius 3 is 2.94 bits per heavy atom. The predicted octanol–water partition coefficient (Wildman–Crippen LogP) is 2.00. The fourth-order valence-electron chi connectivity index (χ4n) is 1.66. The van der Waals surface area contributed by atoms with Crippen molar-refractivity contribution in [1.29, 1.82) is 0 Å². The van der Waals surface area contributed by atoms with Crippen LogP contribution in [0.1, 0.15) is 5.76 Å². The zero-order valence-corrected chi connectivity index (χ0v) is 9.11. The van der Waals surface area contributed by atoms with Gasteiger partial charge in [-0.2, -0.15) is 0 Å². The van der Waals surface area contributed by atoms with Crippen LogP contribution in [0.25, 0.3) is 11.0 Å². The predicted molar refractivity (Wildman–Crippen MR) is 59.6 cm³/mol. The molecule has 86 valence electrons. The van der Waals surface area contributed by atoms with E-state index in [1.165, 1.54) is 12.1 Å². The molecule has 2 aromatic rings. The summed E-state index contributed by atoms with van der Waals surface area (Å²) in [6, 6.07) is 6.29. The molecule has 4 heteroatoms. The van der Waals surface area contributed by atoms with Crippen molar-refractivity contribution >= 4 is 11.0 Å². The van der Waals surface area contributed by atoms with Gasteiger partial charge < -0.3 is 9.52 Å². The number of hydrogen-bond acceptors (Lipinski definition) is 3. The largest absolute Gasteiger partial charge is 0.460 e. The normalized spacial score (nSPS) is 11.5. The van der Waals surface area contributed by atoms with Gasteiger partial charge in [-0.1, -0.05) is 0 Å². The summed E-state index contributed by atoms with van der Waals surface area (Å²) < 4.78 is 18.5. The topological polar surface area (TPSA) is 36.6 Å². The lowest BCUT2D eigenvalue weighted by atomic mass is 10.2. The van der Waals surface area contributed by atoms with E-state index in [1.54, 1.807) is 6.07 Å². The van der Waals surface area contributed by atoms with Crippen molar-refractivity contribution < 1.29 is 13.9 Å². The van der Waals surface area contributed by atoms with E-state index in [9.17, 15) is 4.39 Å². The first-order chi connectivity index (χ1) is 7.69. The highest BCUT2D eigenvalue weighted by molar-refractivity contribution is 5.77. The fourth-order valence-corrected chi connectivity index (χ4v) is 1.66. The lowest BCUT2D eigenvalue weighted by molar-refractivity contribution is 0.209. The van der Waals surface area contributed by atoms with E-state index in [1.807, 2.05) is 18.0 Å². The van der Waals surface area contributed by atoms with Crippen molar-refractivity contribution in [3.63, 3.8) is 0 Å². The van der Waals surface area contributed by atoms with Crippen molar-refractivity contribution in [2.24, 2.45) is 0 Å². The molecule has 0 aliphatic carbocycles. The summed E-state index contributed by atoms with van der Waals surface area (Å²) in [7, 11) is 1.89. The minimum atomic E-state index is -0.261. The van der Waals surface area contributed by atoms with Gasteiger partial charge in [-0.05, 0) is 31.3 Å². The van der Waals surface area contributed by atoms with Crippen LogP contribution in [-0.2, 0) is 6.54 Å². The van der Waals surface area contributed by atoms with Gasteiger partial charge in [-0.25, -0.2) is 4.39 Å². The molecule has 0 aliphatic rings. The molecule has 3 nitrogen and oxygen atoms in total. The highest BCUT2D eigenvalue weighted by Crippen LogP contribution is 2.20. The number of furan rings is 1. The van der Waals surface area contributed by atoms with E-state index < -0.39 is 0 Å². The SMILES string of the molecule is CN(CCO)Cc1cc2cc(F)ccc2o1. The number of fused-ring (bicyclic) bond motifs is 1. The van der Waals surface area contributed by atoms with Gasteiger partial charge in [0.1, 0.15) is 17.2 Å². The Labute approximate surface area is 93.1 Å². The van der Waals surface area contributed by atoms with Crippen molar-refractivity contribution in [3.05, 3.63) is 35.8 Å². The highest BCUT2D eigenvalue weighted by atomic mass is 19.1. The summed E-state index contributed by atoms with van der Waals surface area (Å²) in [5, 5.41) is 9.54. The zero-order valence-electron chi connectivity index (χ0n) is 9.11. The maximum absolute atomic E-state index is 12.9. The molecule has 0 bridgehead atoms. The minimum absolute atomic E-state index is 0.116. The van der Waals surface area contributed by atoms with Crippen LogP contribution in [0.5, 0.6) is 0 Å². The molecule has 0 amide bonds. The summed E-state index contributed by atoms with van der Waals surface area (Å²) in [5.41, 5.74) is 0.689. The second-order valence-corrected chi connectivity index (χ2v) is 3.86. The van der Waals surface area contributed by atoms with Gasteiger partial charge in [-0.3, -0.25) is 4.90 Å². The molecule has 1 N–H and O–H groups in total. The molecular formula is C12H14FNO2. The van der Waals surface area contributed by atoms with Crippen molar-refractivity contribution in [2.45, 2.75) is 6.54 Å². The molecule has 0 aliphatic heterocycles. The van der Waals surface area contributed by atoms with Crippen LogP contribution < -0.4 is 0 Å². The third-order valence-electron chi connectivity index (χ3n) is 2.44. The van der Waals surface area contributed by atoms with Gasteiger partial charge in [0.15, 0.2) is 0 Å². The quantitative estimate of drug-likeness (QED) is 0.861. The number of aliphatic hydroxyl groups is 1. The van der Waals surface area contributed by atoms with Crippen LogP contribution >= 0.6 is 0 Å². The molecule has 1 heterocycles. The second-order valence-electron chi connectivity index (χ2n) is 3.86. The molecule has 0 saturated carbocycles. The maximum Gasteiger partial charge on any atom is 0.134 e. The Bertz CT molecular complexity index is 481. The van der Waals surface area contributed by atoms with Crippen LogP contribution in [-0.4, -0.2) is 30.2 Å². The van der Waals surface area contributed by atoms with Gasteiger partial charge in [0.25, 0.3) is 0 Å². The van der Waals surface area contributed by atoms with Crippen LogP contribution in [0.3, 0.4) is 0 Å². The number of benzene rings is 1. The van der Waals surface area contributed by atoms with Crippen molar-refractivity contribution in [3.8, 4) is 0 Å². The zero-order chi connectivity index (χ0) is 11.5. The smallest absolute Gasteiger partial charge is 0.134 e. The van der Waals surface area contributed by atoms with Crippen LogP contribution in [0.4, 0.5) is 4.39 Å². The molecule has 0 radical (unpaired) electrons. The van der Waals surface area contributed by atoms with Crippen LogP contribution in [0.2, 0.25) is 0 Å². The van der Waals surface area contributed by atoms with E-state index >= 15 is 0 Å². The summed E-state index contributed by atoms with van der Waals surface area (Å²) in [5.74, 6) is 0.514. The van der Waals surface area contributed by atoms with Crippen LogP contribution in [0, 0.1) is 5.82 Å². The Hall–Kier alpha value is -1.39. The lowest BCUT2D eigenvalue weighted by Crippen LogP contribution is -2.21.